The predicted octanol–water partition coefficient (Wildman–Crippen LogP) is 0.311. The normalized spacial score (nSPS) is 13.9. The third kappa shape index (κ3) is 3.11. The second kappa shape index (κ2) is 5.68. The smallest absolute Gasteiger partial charge is 0.319 e. The molecule has 0 unspecified atom stereocenters. The fourth-order valence-electron chi connectivity index (χ4n) is 1.78. The zero-order valence-corrected chi connectivity index (χ0v) is 11.1. The minimum Gasteiger partial charge on any atom is -0.548 e. The molecule has 20 heavy (non-hydrogen) atoms. The van der Waals surface area contributed by atoms with E-state index in [0.29, 0.717) is 17.2 Å². The van der Waals surface area contributed by atoms with Crippen molar-refractivity contribution in [3.8, 4) is 11.5 Å². The number of fused-ring (bicyclic) bond motifs is 1. The Bertz CT molecular complexity index is 529. The molecule has 2 amide bonds. The van der Waals surface area contributed by atoms with Crippen LogP contribution in [-0.2, 0) is 4.79 Å². The standard InChI is InChI=1S/C13H16N2O5/c1-7(2)11(12(16)17)15-13(18)14-8-3-4-9-10(5-8)20-6-19-9/h3-5,7,11H,6H2,1-2H3,(H,16,17)(H2,14,15,18)/p-1/t11-/m0/s1. The summed E-state index contributed by atoms with van der Waals surface area (Å²) in [6, 6.07) is 3.23. The molecule has 1 atom stereocenters. The Morgan fingerprint density at radius 2 is 1.95 bits per heavy atom. The van der Waals surface area contributed by atoms with E-state index in [1.165, 1.54) is 0 Å². The lowest BCUT2D eigenvalue weighted by Crippen LogP contribution is -2.51. The number of benzene rings is 1. The van der Waals surface area contributed by atoms with Gasteiger partial charge in [0.15, 0.2) is 11.5 Å². The number of hydrogen-bond donors (Lipinski definition) is 2. The van der Waals surface area contributed by atoms with Crippen LogP contribution in [0.3, 0.4) is 0 Å². The molecular formula is C13H15N2O5-. The maximum Gasteiger partial charge on any atom is 0.319 e. The van der Waals surface area contributed by atoms with Crippen molar-refractivity contribution < 1.29 is 24.2 Å². The lowest BCUT2D eigenvalue weighted by Gasteiger charge is -2.23. The molecule has 108 valence electrons. The van der Waals surface area contributed by atoms with Crippen LogP contribution in [0, 0.1) is 5.92 Å². The zero-order valence-electron chi connectivity index (χ0n) is 11.1. The largest absolute Gasteiger partial charge is 0.548 e. The molecule has 0 spiro atoms. The number of rotatable bonds is 4. The SMILES string of the molecule is CC(C)[C@H](NC(=O)Nc1ccc2c(c1)OCO2)C(=O)[O-]. The number of aliphatic carboxylic acids is 1. The van der Waals surface area contributed by atoms with Crippen LogP contribution in [0.2, 0.25) is 0 Å². The quantitative estimate of drug-likeness (QED) is 0.826. The fraction of sp³-hybridized carbons (Fsp3) is 0.385. The first-order valence-electron chi connectivity index (χ1n) is 6.15. The molecule has 1 aromatic rings. The van der Waals surface area contributed by atoms with E-state index in [0.717, 1.165) is 0 Å². The number of carboxylic acid groups (broad SMARTS) is 1. The summed E-state index contributed by atoms with van der Waals surface area (Å²) in [7, 11) is 0. The summed E-state index contributed by atoms with van der Waals surface area (Å²) in [5, 5.41) is 15.8. The van der Waals surface area contributed by atoms with E-state index in [4.69, 9.17) is 9.47 Å². The Kier molecular flexibility index (Phi) is 3.97. The van der Waals surface area contributed by atoms with Crippen molar-refractivity contribution in [2.24, 2.45) is 5.92 Å². The average molecular weight is 279 g/mol. The Morgan fingerprint density at radius 3 is 2.60 bits per heavy atom. The van der Waals surface area contributed by atoms with Crippen LogP contribution in [0.4, 0.5) is 10.5 Å². The van der Waals surface area contributed by atoms with E-state index in [1.54, 1.807) is 32.0 Å². The van der Waals surface area contributed by atoms with Gasteiger partial charge < -0.3 is 30.0 Å². The molecule has 1 aliphatic rings. The highest BCUT2D eigenvalue weighted by atomic mass is 16.7. The molecule has 7 heteroatoms. The molecule has 0 fully saturated rings. The van der Waals surface area contributed by atoms with Gasteiger partial charge in [-0.15, -0.1) is 0 Å². The number of anilines is 1. The van der Waals surface area contributed by atoms with Gasteiger partial charge in [-0.1, -0.05) is 13.8 Å². The molecule has 1 aromatic carbocycles. The van der Waals surface area contributed by atoms with Gasteiger partial charge in [0, 0.05) is 11.8 Å². The van der Waals surface area contributed by atoms with Crippen LogP contribution in [0.15, 0.2) is 18.2 Å². The molecular weight excluding hydrogens is 264 g/mol. The highest BCUT2D eigenvalue weighted by molar-refractivity contribution is 5.92. The average Bonchev–Trinajstić information content (AvgIpc) is 2.82. The molecule has 2 N–H and O–H groups in total. The first kappa shape index (κ1) is 14.0. The van der Waals surface area contributed by atoms with Gasteiger partial charge in [0.2, 0.25) is 6.79 Å². The highest BCUT2D eigenvalue weighted by Crippen LogP contribution is 2.34. The number of carbonyl (C=O) groups is 2. The van der Waals surface area contributed by atoms with Crippen molar-refractivity contribution in [2.45, 2.75) is 19.9 Å². The minimum absolute atomic E-state index is 0.144. The van der Waals surface area contributed by atoms with Crippen molar-refractivity contribution in [2.75, 3.05) is 12.1 Å². The Hall–Kier alpha value is -2.44. The Balaban J connectivity index is 1.99. The van der Waals surface area contributed by atoms with Gasteiger partial charge in [-0.25, -0.2) is 4.79 Å². The van der Waals surface area contributed by atoms with Gasteiger partial charge in [0.05, 0.1) is 12.0 Å². The molecule has 0 aliphatic carbocycles. The second-order valence-electron chi connectivity index (χ2n) is 4.71. The Morgan fingerprint density at radius 1 is 1.25 bits per heavy atom. The first-order chi connectivity index (χ1) is 9.47. The van der Waals surface area contributed by atoms with Gasteiger partial charge in [-0.05, 0) is 18.1 Å². The molecule has 0 radical (unpaired) electrons. The van der Waals surface area contributed by atoms with Crippen LogP contribution in [-0.4, -0.2) is 24.8 Å². The van der Waals surface area contributed by atoms with Crippen LogP contribution >= 0.6 is 0 Å². The van der Waals surface area contributed by atoms with Crippen LogP contribution in [0.1, 0.15) is 13.8 Å². The summed E-state index contributed by atoms with van der Waals surface area (Å²) in [5.74, 6) is -0.461. The number of carbonyl (C=O) groups excluding carboxylic acids is 2. The van der Waals surface area contributed by atoms with Gasteiger partial charge in [-0.2, -0.15) is 0 Å². The zero-order chi connectivity index (χ0) is 14.7. The number of ether oxygens (including phenoxy) is 2. The predicted molar refractivity (Wildman–Crippen MR) is 68.4 cm³/mol. The van der Waals surface area contributed by atoms with Crippen molar-refractivity contribution in [1.29, 1.82) is 0 Å². The van der Waals surface area contributed by atoms with Crippen molar-refractivity contribution >= 4 is 17.7 Å². The second-order valence-corrected chi connectivity index (χ2v) is 4.71. The molecule has 0 aromatic heterocycles. The summed E-state index contributed by atoms with van der Waals surface area (Å²) < 4.78 is 10.3. The van der Waals surface area contributed by atoms with Crippen LogP contribution in [0.5, 0.6) is 11.5 Å². The maximum atomic E-state index is 11.7. The monoisotopic (exact) mass is 279 g/mol. The number of amides is 2. The third-order valence-corrected chi connectivity index (χ3v) is 2.84. The van der Waals surface area contributed by atoms with Gasteiger partial charge >= 0.3 is 6.03 Å². The fourth-order valence-corrected chi connectivity index (χ4v) is 1.78. The number of urea groups is 1. The van der Waals surface area contributed by atoms with E-state index in [9.17, 15) is 14.7 Å². The molecule has 1 aliphatic heterocycles. The maximum absolute atomic E-state index is 11.7. The molecule has 2 rings (SSSR count). The topological polar surface area (TPSA) is 99.7 Å². The molecule has 7 nitrogen and oxygen atoms in total. The van der Waals surface area contributed by atoms with Crippen LogP contribution in [0.25, 0.3) is 0 Å². The Labute approximate surface area is 115 Å². The summed E-state index contributed by atoms with van der Waals surface area (Å²) in [6.45, 7) is 3.51. The van der Waals surface area contributed by atoms with E-state index in [-0.39, 0.29) is 12.7 Å². The first-order valence-corrected chi connectivity index (χ1v) is 6.15. The summed E-state index contributed by atoms with van der Waals surface area (Å²) in [5.41, 5.74) is 0.479. The van der Waals surface area contributed by atoms with Gasteiger partial charge in [0.1, 0.15) is 0 Å². The van der Waals surface area contributed by atoms with Gasteiger partial charge in [-0.3, -0.25) is 0 Å². The third-order valence-electron chi connectivity index (χ3n) is 2.84. The van der Waals surface area contributed by atoms with Crippen molar-refractivity contribution in [1.82, 2.24) is 5.32 Å². The van der Waals surface area contributed by atoms with Crippen LogP contribution < -0.4 is 25.2 Å². The lowest BCUT2D eigenvalue weighted by molar-refractivity contribution is -0.309. The van der Waals surface area contributed by atoms with E-state index < -0.39 is 18.0 Å². The number of hydrogen-bond acceptors (Lipinski definition) is 5. The van der Waals surface area contributed by atoms with Crippen molar-refractivity contribution in [3.05, 3.63) is 18.2 Å². The summed E-state index contributed by atoms with van der Waals surface area (Å²) in [4.78, 5) is 22.6. The highest BCUT2D eigenvalue weighted by Gasteiger charge is 2.18. The van der Waals surface area contributed by atoms with Crippen molar-refractivity contribution in [3.63, 3.8) is 0 Å². The lowest BCUT2D eigenvalue weighted by atomic mass is 10.1. The molecule has 1 heterocycles. The van der Waals surface area contributed by atoms with E-state index >= 15 is 0 Å². The summed E-state index contributed by atoms with van der Waals surface area (Å²) in [6.07, 6.45) is 0. The molecule has 0 saturated heterocycles. The van der Waals surface area contributed by atoms with E-state index in [2.05, 4.69) is 10.6 Å². The minimum atomic E-state index is -1.32. The molecule has 0 saturated carbocycles. The number of nitrogens with one attached hydrogen (secondary N) is 2. The number of carboxylic acids is 1. The summed E-state index contributed by atoms with van der Waals surface area (Å²) >= 11 is 0. The molecule has 0 bridgehead atoms. The van der Waals surface area contributed by atoms with Gasteiger partial charge in [0.25, 0.3) is 0 Å². The van der Waals surface area contributed by atoms with E-state index in [1.807, 2.05) is 0 Å².